The molecule has 0 aromatic heterocycles. The molecule has 0 radical (unpaired) electrons. The molecule has 8 nitrogen and oxygen atoms in total. The minimum absolute atomic E-state index is 0.138. The summed E-state index contributed by atoms with van der Waals surface area (Å²) >= 11 is 0. The molecule has 0 aromatic carbocycles. The first-order chi connectivity index (χ1) is 14.6. The van der Waals surface area contributed by atoms with Crippen LogP contribution in [0.4, 0.5) is 0 Å². The first-order valence-corrected chi connectivity index (χ1v) is 12.1. The van der Waals surface area contributed by atoms with Gasteiger partial charge in [0.25, 0.3) is 0 Å². The van der Waals surface area contributed by atoms with E-state index in [9.17, 15) is 5.21 Å². The highest BCUT2D eigenvalue weighted by atomic mass is 16.8. The average Bonchev–Trinajstić information content (AvgIpc) is 3.53. The lowest BCUT2D eigenvalue weighted by molar-refractivity contribution is -0.438. The number of hydrogen-bond donors (Lipinski definition) is 1. The number of rotatable bonds is 8. The van der Waals surface area contributed by atoms with Gasteiger partial charge in [-0.2, -0.15) is 10.1 Å². The summed E-state index contributed by atoms with van der Waals surface area (Å²) < 4.78 is 23.5. The van der Waals surface area contributed by atoms with Crippen molar-refractivity contribution in [3.63, 3.8) is 0 Å². The van der Waals surface area contributed by atoms with Crippen molar-refractivity contribution in [2.75, 3.05) is 26.4 Å². The van der Waals surface area contributed by atoms with Crippen LogP contribution in [-0.2, 0) is 23.8 Å². The van der Waals surface area contributed by atoms with Crippen molar-refractivity contribution in [3.05, 3.63) is 0 Å². The summed E-state index contributed by atoms with van der Waals surface area (Å²) in [6.45, 7) is 19.7. The van der Waals surface area contributed by atoms with Crippen molar-refractivity contribution in [1.29, 1.82) is 0 Å². The molecule has 4 aliphatic rings. The molecule has 4 aliphatic heterocycles. The predicted molar refractivity (Wildman–Crippen MR) is 119 cm³/mol. The van der Waals surface area contributed by atoms with E-state index in [1.54, 1.807) is 0 Å². The first kappa shape index (κ1) is 24.8. The maximum Gasteiger partial charge on any atom is 0.191 e. The van der Waals surface area contributed by atoms with Crippen LogP contribution in [-0.4, -0.2) is 88.0 Å². The van der Waals surface area contributed by atoms with E-state index in [4.69, 9.17) is 23.8 Å². The van der Waals surface area contributed by atoms with Gasteiger partial charge in [0, 0.05) is 35.0 Å². The van der Waals surface area contributed by atoms with Gasteiger partial charge in [-0.3, -0.25) is 4.84 Å². The third-order valence-electron chi connectivity index (χ3n) is 7.22. The zero-order valence-corrected chi connectivity index (χ0v) is 21.3. The van der Waals surface area contributed by atoms with Crippen molar-refractivity contribution in [2.45, 2.75) is 127 Å². The van der Waals surface area contributed by atoms with Crippen LogP contribution in [0.25, 0.3) is 0 Å². The summed E-state index contributed by atoms with van der Waals surface area (Å²) in [5.41, 5.74) is -1.53. The summed E-state index contributed by atoms with van der Waals surface area (Å²) in [5, 5.41) is 14.5. The van der Waals surface area contributed by atoms with Crippen molar-refractivity contribution in [3.8, 4) is 0 Å². The molecule has 2 atom stereocenters. The molecule has 32 heavy (non-hydrogen) atoms. The minimum atomic E-state index is -0.859. The Bertz CT molecular complexity index is 650. The van der Waals surface area contributed by atoms with Gasteiger partial charge in [0.1, 0.15) is 12.2 Å². The van der Waals surface area contributed by atoms with Crippen molar-refractivity contribution in [1.82, 2.24) is 10.1 Å². The van der Waals surface area contributed by atoms with Gasteiger partial charge in [0.05, 0.1) is 32.5 Å². The number of epoxide rings is 2. The van der Waals surface area contributed by atoms with E-state index in [2.05, 4.69) is 32.8 Å². The maximum absolute atomic E-state index is 10.9. The smallest absolute Gasteiger partial charge is 0.191 e. The molecule has 186 valence electrons. The molecule has 0 saturated carbocycles. The molecule has 4 heterocycles. The van der Waals surface area contributed by atoms with Crippen LogP contribution in [0.2, 0.25) is 0 Å². The normalized spacial score (nSPS) is 35.5. The fraction of sp³-hybridized carbons (Fsp3) is 1.00. The number of nitrogens with zero attached hydrogens (tertiary/aromatic N) is 2. The van der Waals surface area contributed by atoms with E-state index >= 15 is 0 Å². The molecular formula is C24H44N2O6. The molecular weight excluding hydrogens is 412 g/mol. The monoisotopic (exact) mass is 456 g/mol. The Balaban J connectivity index is 1.56. The second kappa shape index (κ2) is 8.12. The molecule has 0 aromatic rings. The standard InChI is InChI=1S/C24H44N2O6/c1-20(2)9-17(28-11-18-12-29-18)10-21(3,4)26(20)32-24(31-14-19-13-30-19)15-22(5,6)25(27)23(7,8)16-24/h17-19,27H,9-16H2,1-8H3. The third kappa shape index (κ3) is 5.33. The largest absolute Gasteiger partial charge is 0.375 e. The fourth-order valence-corrected chi connectivity index (χ4v) is 6.06. The van der Waals surface area contributed by atoms with Gasteiger partial charge in [-0.05, 0) is 68.2 Å². The highest BCUT2D eigenvalue weighted by Crippen LogP contribution is 2.49. The molecule has 4 saturated heterocycles. The number of ether oxygens (including phenoxy) is 4. The molecule has 8 heteroatoms. The number of hydroxylamine groups is 4. The van der Waals surface area contributed by atoms with Crippen LogP contribution in [0, 0.1) is 0 Å². The van der Waals surface area contributed by atoms with E-state index in [0.717, 1.165) is 26.1 Å². The second-order valence-electron chi connectivity index (χ2n) is 12.8. The van der Waals surface area contributed by atoms with E-state index in [1.807, 2.05) is 27.7 Å². The summed E-state index contributed by atoms with van der Waals surface area (Å²) in [5.74, 6) is -0.859. The van der Waals surface area contributed by atoms with Gasteiger partial charge < -0.3 is 24.2 Å². The lowest BCUT2D eigenvalue weighted by atomic mass is 9.77. The minimum Gasteiger partial charge on any atom is -0.375 e. The van der Waals surface area contributed by atoms with Gasteiger partial charge in [0.2, 0.25) is 0 Å². The zero-order valence-electron chi connectivity index (χ0n) is 21.3. The van der Waals surface area contributed by atoms with Crippen LogP contribution in [0.5, 0.6) is 0 Å². The molecule has 0 amide bonds. The Kier molecular flexibility index (Phi) is 6.29. The van der Waals surface area contributed by atoms with Crippen LogP contribution in [0.1, 0.15) is 81.1 Å². The first-order valence-electron chi connectivity index (χ1n) is 12.1. The van der Waals surface area contributed by atoms with Gasteiger partial charge in [-0.15, -0.1) is 0 Å². The second-order valence-corrected chi connectivity index (χ2v) is 12.8. The lowest BCUT2D eigenvalue weighted by Crippen LogP contribution is -2.70. The lowest BCUT2D eigenvalue weighted by Gasteiger charge is -2.60. The van der Waals surface area contributed by atoms with Crippen molar-refractivity contribution >= 4 is 0 Å². The maximum atomic E-state index is 10.9. The van der Waals surface area contributed by atoms with E-state index in [-0.39, 0.29) is 29.4 Å². The van der Waals surface area contributed by atoms with Gasteiger partial charge >= 0.3 is 0 Å². The Morgan fingerprint density at radius 3 is 1.72 bits per heavy atom. The van der Waals surface area contributed by atoms with Crippen molar-refractivity contribution in [2.24, 2.45) is 0 Å². The molecule has 4 rings (SSSR count). The number of piperidine rings is 2. The summed E-state index contributed by atoms with van der Waals surface area (Å²) in [4.78, 5) is 6.97. The third-order valence-corrected chi connectivity index (χ3v) is 7.22. The zero-order chi connectivity index (χ0) is 23.6. The predicted octanol–water partition coefficient (Wildman–Crippen LogP) is 3.51. The van der Waals surface area contributed by atoms with Gasteiger partial charge in [0.15, 0.2) is 5.79 Å². The SMILES string of the molecule is CC1(C)CC(OCC2CO2)(ON2C(C)(C)CC(OCC3CO3)CC2(C)C)CC(C)(C)N1O. The Hall–Kier alpha value is -0.320. The Morgan fingerprint density at radius 1 is 0.781 bits per heavy atom. The highest BCUT2D eigenvalue weighted by Gasteiger charge is 2.58. The Labute approximate surface area is 193 Å². The van der Waals surface area contributed by atoms with Crippen molar-refractivity contribution < 1.29 is 29.0 Å². The van der Waals surface area contributed by atoms with E-state index in [1.165, 1.54) is 5.06 Å². The fourth-order valence-electron chi connectivity index (χ4n) is 6.06. The van der Waals surface area contributed by atoms with E-state index in [0.29, 0.717) is 26.1 Å². The summed E-state index contributed by atoms with van der Waals surface area (Å²) in [6.07, 6.45) is 3.40. The van der Waals surface area contributed by atoms with Gasteiger partial charge in [-0.1, -0.05) is 0 Å². The summed E-state index contributed by atoms with van der Waals surface area (Å²) in [6, 6.07) is 0. The van der Waals surface area contributed by atoms with Crippen LogP contribution < -0.4 is 0 Å². The topological polar surface area (TPSA) is 79.5 Å². The quantitative estimate of drug-likeness (QED) is 0.439. The molecule has 2 unspecified atom stereocenters. The number of hydrogen-bond acceptors (Lipinski definition) is 8. The highest BCUT2D eigenvalue weighted by molar-refractivity contribution is 5.03. The molecule has 4 fully saturated rings. The molecule has 1 N–H and O–H groups in total. The molecule has 0 spiro atoms. The van der Waals surface area contributed by atoms with Crippen LogP contribution >= 0.6 is 0 Å². The molecule has 0 aliphatic carbocycles. The summed E-state index contributed by atoms with van der Waals surface area (Å²) in [7, 11) is 0. The van der Waals surface area contributed by atoms with Crippen LogP contribution in [0.3, 0.4) is 0 Å². The average molecular weight is 457 g/mol. The molecule has 0 bridgehead atoms. The van der Waals surface area contributed by atoms with E-state index < -0.39 is 16.9 Å². The van der Waals surface area contributed by atoms with Crippen LogP contribution in [0.15, 0.2) is 0 Å². The Morgan fingerprint density at radius 2 is 1.25 bits per heavy atom. The van der Waals surface area contributed by atoms with Gasteiger partial charge in [-0.25, -0.2) is 0 Å².